The van der Waals surface area contributed by atoms with Crippen molar-refractivity contribution < 1.29 is 14.2 Å². The van der Waals surface area contributed by atoms with E-state index in [-0.39, 0.29) is 18.0 Å². The standard InChI is InChI=1S/C16H22FNO2/c1-11(19)12-5-4-6-13(17)16(12)18-9-10-20-15-8-3-2-7-14(15)18/h4-6,11,14-15,19H,2-3,7-10H2,1H3/t11-,14?,15?/m1/s1. The number of ether oxygens (including phenoxy) is 1. The zero-order chi connectivity index (χ0) is 14.1. The minimum Gasteiger partial charge on any atom is -0.389 e. The van der Waals surface area contributed by atoms with E-state index in [1.54, 1.807) is 13.0 Å². The number of benzene rings is 1. The molecule has 0 amide bonds. The summed E-state index contributed by atoms with van der Waals surface area (Å²) in [5.74, 6) is -0.241. The van der Waals surface area contributed by atoms with Crippen LogP contribution in [0.3, 0.4) is 0 Å². The van der Waals surface area contributed by atoms with Crippen LogP contribution in [0.1, 0.15) is 44.3 Å². The van der Waals surface area contributed by atoms with Crippen LogP contribution in [0, 0.1) is 5.82 Å². The average molecular weight is 279 g/mol. The Balaban J connectivity index is 1.98. The first-order valence-electron chi connectivity index (χ1n) is 7.53. The maximum Gasteiger partial charge on any atom is 0.146 e. The van der Waals surface area contributed by atoms with E-state index < -0.39 is 6.10 Å². The Morgan fingerprint density at radius 3 is 2.95 bits per heavy atom. The number of morpholine rings is 1. The van der Waals surface area contributed by atoms with Gasteiger partial charge in [-0.05, 0) is 25.8 Å². The van der Waals surface area contributed by atoms with Crippen molar-refractivity contribution in [2.24, 2.45) is 0 Å². The Kier molecular flexibility index (Phi) is 3.94. The van der Waals surface area contributed by atoms with Crippen molar-refractivity contribution in [1.29, 1.82) is 0 Å². The molecule has 1 aromatic rings. The molecule has 0 spiro atoms. The van der Waals surface area contributed by atoms with Crippen LogP contribution in [-0.4, -0.2) is 30.4 Å². The third kappa shape index (κ3) is 2.42. The van der Waals surface area contributed by atoms with Crippen molar-refractivity contribution in [3.8, 4) is 0 Å². The molecule has 1 aromatic carbocycles. The summed E-state index contributed by atoms with van der Waals surface area (Å²) < 4.78 is 20.2. The number of anilines is 1. The molecule has 4 heteroatoms. The highest BCUT2D eigenvalue weighted by atomic mass is 19.1. The fraction of sp³-hybridized carbons (Fsp3) is 0.625. The highest BCUT2D eigenvalue weighted by Gasteiger charge is 2.36. The molecule has 2 fully saturated rings. The van der Waals surface area contributed by atoms with Gasteiger partial charge in [-0.3, -0.25) is 0 Å². The molecule has 3 nitrogen and oxygen atoms in total. The molecule has 1 N–H and O–H groups in total. The van der Waals surface area contributed by atoms with Crippen LogP contribution in [0.5, 0.6) is 0 Å². The number of nitrogens with zero attached hydrogens (tertiary/aromatic N) is 1. The molecule has 0 radical (unpaired) electrons. The molecule has 1 saturated carbocycles. The summed E-state index contributed by atoms with van der Waals surface area (Å²) >= 11 is 0. The monoisotopic (exact) mass is 279 g/mol. The molecule has 3 atom stereocenters. The maximum absolute atomic E-state index is 14.4. The van der Waals surface area contributed by atoms with Gasteiger partial charge in [0.15, 0.2) is 0 Å². The summed E-state index contributed by atoms with van der Waals surface area (Å²) in [6.45, 7) is 3.02. The Bertz CT molecular complexity index is 476. The van der Waals surface area contributed by atoms with E-state index in [0.717, 1.165) is 12.8 Å². The molecule has 1 heterocycles. The van der Waals surface area contributed by atoms with E-state index in [1.165, 1.54) is 18.9 Å². The van der Waals surface area contributed by atoms with Crippen molar-refractivity contribution >= 4 is 5.69 Å². The molecule has 110 valence electrons. The van der Waals surface area contributed by atoms with E-state index in [9.17, 15) is 9.50 Å². The summed E-state index contributed by atoms with van der Waals surface area (Å²) in [5.41, 5.74) is 1.25. The predicted molar refractivity (Wildman–Crippen MR) is 76.4 cm³/mol. The van der Waals surface area contributed by atoms with Gasteiger partial charge in [0.25, 0.3) is 0 Å². The molecular weight excluding hydrogens is 257 g/mol. The second kappa shape index (κ2) is 5.70. The lowest BCUT2D eigenvalue weighted by Crippen LogP contribution is -2.53. The van der Waals surface area contributed by atoms with Crippen molar-refractivity contribution in [2.45, 2.75) is 50.9 Å². The molecule has 1 aliphatic heterocycles. The quantitative estimate of drug-likeness (QED) is 0.903. The molecule has 1 aliphatic carbocycles. The van der Waals surface area contributed by atoms with Crippen LogP contribution in [0.4, 0.5) is 10.1 Å². The SMILES string of the molecule is C[C@@H](O)c1cccc(F)c1N1CCOC2CCCCC21. The van der Waals surface area contributed by atoms with Crippen LogP contribution in [-0.2, 0) is 4.74 Å². The van der Waals surface area contributed by atoms with Crippen LogP contribution in [0.2, 0.25) is 0 Å². The Hall–Kier alpha value is -1.13. The first kappa shape index (κ1) is 13.8. The summed E-state index contributed by atoms with van der Waals surface area (Å²) in [6, 6.07) is 5.21. The van der Waals surface area contributed by atoms with Gasteiger partial charge >= 0.3 is 0 Å². The lowest BCUT2D eigenvalue weighted by molar-refractivity contribution is -0.00912. The maximum atomic E-state index is 14.4. The molecule has 2 unspecified atom stereocenters. The van der Waals surface area contributed by atoms with Gasteiger partial charge in [0.2, 0.25) is 0 Å². The van der Waals surface area contributed by atoms with E-state index in [4.69, 9.17) is 4.74 Å². The van der Waals surface area contributed by atoms with Gasteiger partial charge in [-0.25, -0.2) is 4.39 Å². The highest BCUT2D eigenvalue weighted by molar-refractivity contribution is 5.57. The van der Waals surface area contributed by atoms with E-state index >= 15 is 0 Å². The molecule has 2 aliphatic rings. The van der Waals surface area contributed by atoms with Gasteiger partial charge in [-0.1, -0.05) is 25.0 Å². The second-order valence-corrected chi connectivity index (χ2v) is 5.81. The third-order valence-electron chi connectivity index (χ3n) is 4.49. The Labute approximate surface area is 119 Å². The van der Waals surface area contributed by atoms with Gasteiger partial charge in [0, 0.05) is 12.1 Å². The molecule has 0 aromatic heterocycles. The zero-order valence-corrected chi connectivity index (χ0v) is 11.9. The van der Waals surface area contributed by atoms with Crippen LogP contribution >= 0.6 is 0 Å². The van der Waals surface area contributed by atoms with Gasteiger partial charge in [0.05, 0.1) is 30.5 Å². The van der Waals surface area contributed by atoms with Gasteiger partial charge in [-0.2, -0.15) is 0 Å². The summed E-state index contributed by atoms with van der Waals surface area (Å²) in [4.78, 5) is 2.13. The number of aliphatic hydroxyl groups is 1. The van der Waals surface area contributed by atoms with Crippen LogP contribution in [0.25, 0.3) is 0 Å². The smallest absolute Gasteiger partial charge is 0.146 e. The zero-order valence-electron chi connectivity index (χ0n) is 11.9. The predicted octanol–water partition coefficient (Wildman–Crippen LogP) is 3.03. The minimum absolute atomic E-state index is 0.207. The van der Waals surface area contributed by atoms with E-state index in [1.807, 2.05) is 6.07 Å². The normalized spacial score (nSPS) is 28.1. The summed E-state index contributed by atoms with van der Waals surface area (Å²) in [5, 5.41) is 9.93. The molecule has 1 saturated heterocycles. The van der Waals surface area contributed by atoms with Gasteiger partial charge < -0.3 is 14.7 Å². The topological polar surface area (TPSA) is 32.7 Å². The minimum atomic E-state index is -0.661. The van der Waals surface area contributed by atoms with Crippen molar-refractivity contribution in [3.05, 3.63) is 29.6 Å². The number of para-hydroxylation sites is 1. The van der Waals surface area contributed by atoms with Crippen LogP contribution in [0.15, 0.2) is 18.2 Å². The number of rotatable bonds is 2. The summed E-state index contributed by atoms with van der Waals surface area (Å²) in [6.07, 6.45) is 4.00. The third-order valence-corrected chi connectivity index (χ3v) is 4.49. The molecular formula is C16H22FNO2. The Morgan fingerprint density at radius 1 is 1.35 bits per heavy atom. The number of halogens is 1. The first-order valence-corrected chi connectivity index (χ1v) is 7.53. The largest absolute Gasteiger partial charge is 0.389 e. The number of hydrogen-bond donors (Lipinski definition) is 1. The van der Waals surface area contributed by atoms with Gasteiger partial charge in [0.1, 0.15) is 5.82 Å². The second-order valence-electron chi connectivity index (χ2n) is 5.81. The fourth-order valence-corrected chi connectivity index (χ4v) is 3.55. The number of hydrogen-bond acceptors (Lipinski definition) is 3. The van der Waals surface area contributed by atoms with E-state index in [0.29, 0.717) is 24.4 Å². The van der Waals surface area contributed by atoms with Gasteiger partial charge in [-0.15, -0.1) is 0 Å². The van der Waals surface area contributed by atoms with E-state index in [2.05, 4.69) is 4.90 Å². The lowest BCUT2D eigenvalue weighted by atomic mass is 9.89. The van der Waals surface area contributed by atoms with Crippen molar-refractivity contribution in [3.63, 3.8) is 0 Å². The molecule has 3 rings (SSSR count). The highest BCUT2D eigenvalue weighted by Crippen LogP contribution is 2.36. The first-order chi connectivity index (χ1) is 9.68. The van der Waals surface area contributed by atoms with Crippen molar-refractivity contribution in [1.82, 2.24) is 0 Å². The summed E-state index contributed by atoms with van der Waals surface area (Å²) in [7, 11) is 0. The molecule has 0 bridgehead atoms. The number of aliphatic hydroxyl groups excluding tert-OH is 1. The lowest BCUT2D eigenvalue weighted by Gasteiger charge is -2.45. The van der Waals surface area contributed by atoms with Crippen LogP contribution < -0.4 is 4.90 Å². The molecule has 20 heavy (non-hydrogen) atoms. The number of fused-ring (bicyclic) bond motifs is 1. The Morgan fingerprint density at radius 2 is 2.15 bits per heavy atom. The fourth-order valence-electron chi connectivity index (χ4n) is 3.55. The average Bonchev–Trinajstić information content (AvgIpc) is 2.46. The van der Waals surface area contributed by atoms with Crippen molar-refractivity contribution in [2.75, 3.05) is 18.1 Å².